The topological polar surface area (TPSA) is 23.9 Å². The molecule has 0 aliphatic heterocycles. The van der Waals surface area contributed by atoms with Crippen LogP contribution in [-0.4, -0.2) is 6.21 Å². The first-order valence-electron chi connectivity index (χ1n) is 6.47. The minimum atomic E-state index is 1.09. The molecule has 0 aliphatic carbocycles. The van der Waals surface area contributed by atoms with E-state index in [1.165, 1.54) is 33.7 Å². The molecule has 1 nitrogen and oxygen atoms in total. The molecule has 2 rings (SSSR count). The van der Waals surface area contributed by atoms with Gasteiger partial charge < -0.3 is 5.41 Å². The van der Waals surface area contributed by atoms with Gasteiger partial charge in [0, 0.05) is 6.21 Å². The van der Waals surface area contributed by atoms with Crippen LogP contribution >= 0.6 is 0 Å². The SMILES string of the molecule is CC(c1cc(C)cc(C)c1)=c1cccc/c1=C/C=N. The van der Waals surface area contributed by atoms with Crippen LogP contribution in [0.25, 0.3) is 11.6 Å². The number of hydrogen-bond donors (Lipinski definition) is 1. The number of hydrogen-bond acceptors (Lipinski definition) is 1. The molecule has 0 spiro atoms. The van der Waals surface area contributed by atoms with Gasteiger partial charge in [-0.2, -0.15) is 0 Å². The van der Waals surface area contributed by atoms with Gasteiger partial charge in [0.1, 0.15) is 0 Å². The van der Waals surface area contributed by atoms with Crippen LogP contribution in [0.1, 0.15) is 23.6 Å². The van der Waals surface area contributed by atoms with Crippen LogP contribution in [-0.2, 0) is 0 Å². The van der Waals surface area contributed by atoms with Gasteiger partial charge in [0.15, 0.2) is 0 Å². The summed E-state index contributed by atoms with van der Waals surface area (Å²) in [5.74, 6) is 0. The molecule has 0 unspecified atom stereocenters. The molecule has 96 valence electrons. The quantitative estimate of drug-likeness (QED) is 0.791. The summed E-state index contributed by atoms with van der Waals surface area (Å²) in [5, 5.41) is 9.54. The van der Waals surface area contributed by atoms with E-state index in [1.54, 1.807) is 0 Å². The van der Waals surface area contributed by atoms with Gasteiger partial charge in [-0.1, -0.05) is 53.6 Å². The molecule has 2 aromatic rings. The zero-order valence-electron chi connectivity index (χ0n) is 11.7. The zero-order chi connectivity index (χ0) is 13.8. The number of rotatable bonds is 2. The second kappa shape index (κ2) is 5.66. The summed E-state index contributed by atoms with van der Waals surface area (Å²) >= 11 is 0. The Morgan fingerprint density at radius 2 is 1.63 bits per heavy atom. The van der Waals surface area contributed by atoms with Gasteiger partial charge in [-0.15, -0.1) is 0 Å². The van der Waals surface area contributed by atoms with E-state index >= 15 is 0 Å². The van der Waals surface area contributed by atoms with Crippen molar-refractivity contribution >= 4 is 17.9 Å². The average Bonchev–Trinajstić information content (AvgIpc) is 2.38. The van der Waals surface area contributed by atoms with Crippen molar-refractivity contribution in [3.8, 4) is 0 Å². The van der Waals surface area contributed by atoms with Crippen LogP contribution in [0.4, 0.5) is 0 Å². The molecule has 2 aromatic carbocycles. The summed E-state index contributed by atoms with van der Waals surface area (Å²) in [5.41, 5.74) is 5.06. The fourth-order valence-corrected chi connectivity index (χ4v) is 2.42. The summed E-state index contributed by atoms with van der Waals surface area (Å²) in [4.78, 5) is 0. The minimum Gasteiger partial charge on any atom is -0.309 e. The predicted octanol–water partition coefficient (Wildman–Crippen LogP) is 2.95. The Hall–Kier alpha value is -2.15. The highest BCUT2D eigenvalue weighted by Crippen LogP contribution is 2.15. The lowest BCUT2D eigenvalue weighted by molar-refractivity contribution is 1.35. The standard InChI is InChI=1S/C18H19N/c1-13-10-14(2)12-17(11-13)15(3)18-7-5-4-6-16(18)8-9-19/h4-12,19H,1-3H3/b16-8-,18-15?,19-9?. The Morgan fingerprint density at radius 1 is 1.00 bits per heavy atom. The van der Waals surface area contributed by atoms with E-state index in [0.717, 1.165) is 5.22 Å². The molecular formula is C18H19N. The third-order valence-electron chi connectivity index (χ3n) is 3.28. The average molecular weight is 249 g/mol. The molecule has 0 saturated carbocycles. The molecule has 0 saturated heterocycles. The lowest BCUT2D eigenvalue weighted by atomic mass is 9.99. The number of aryl methyl sites for hydroxylation is 2. The summed E-state index contributed by atoms with van der Waals surface area (Å²) in [7, 11) is 0. The zero-order valence-corrected chi connectivity index (χ0v) is 11.7. The molecule has 0 aromatic heterocycles. The molecule has 19 heavy (non-hydrogen) atoms. The van der Waals surface area contributed by atoms with Crippen molar-refractivity contribution < 1.29 is 0 Å². The first-order chi connectivity index (χ1) is 9.11. The Labute approximate surface area is 114 Å². The molecule has 0 fully saturated rings. The largest absolute Gasteiger partial charge is 0.309 e. The minimum absolute atomic E-state index is 1.09. The Morgan fingerprint density at radius 3 is 2.26 bits per heavy atom. The van der Waals surface area contributed by atoms with Crippen LogP contribution in [0.5, 0.6) is 0 Å². The fraction of sp³-hybridized carbons (Fsp3) is 0.167. The van der Waals surface area contributed by atoms with E-state index < -0.39 is 0 Å². The maximum Gasteiger partial charge on any atom is 0.0183 e. The van der Waals surface area contributed by atoms with Crippen molar-refractivity contribution in [2.24, 2.45) is 0 Å². The lowest BCUT2D eigenvalue weighted by Crippen LogP contribution is -2.26. The molecule has 0 aliphatic rings. The van der Waals surface area contributed by atoms with E-state index in [1.807, 2.05) is 24.3 Å². The third-order valence-corrected chi connectivity index (χ3v) is 3.28. The van der Waals surface area contributed by atoms with Crippen LogP contribution in [0.3, 0.4) is 0 Å². The van der Waals surface area contributed by atoms with Crippen LogP contribution in [0.15, 0.2) is 42.5 Å². The first-order valence-corrected chi connectivity index (χ1v) is 6.47. The smallest absolute Gasteiger partial charge is 0.0183 e. The van der Waals surface area contributed by atoms with Gasteiger partial charge in [-0.05, 0) is 48.4 Å². The monoisotopic (exact) mass is 249 g/mol. The summed E-state index contributed by atoms with van der Waals surface area (Å²) in [6, 6.07) is 14.8. The van der Waals surface area contributed by atoms with Crippen LogP contribution in [0, 0.1) is 19.3 Å². The molecule has 0 radical (unpaired) electrons. The molecule has 0 amide bonds. The van der Waals surface area contributed by atoms with Crippen molar-refractivity contribution in [3.05, 3.63) is 69.6 Å². The lowest BCUT2D eigenvalue weighted by Gasteiger charge is -2.06. The second-order valence-corrected chi connectivity index (χ2v) is 4.92. The first kappa shape index (κ1) is 13.3. The Kier molecular flexibility index (Phi) is 3.96. The van der Waals surface area contributed by atoms with Gasteiger partial charge in [0.25, 0.3) is 0 Å². The van der Waals surface area contributed by atoms with Crippen LogP contribution in [0.2, 0.25) is 0 Å². The second-order valence-electron chi connectivity index (χ2n) is 4.92. The highest BCUT2D eigenvalue weighted by atomic mass is 14.3. The maximum atomic E-state index is 7.26. The maximum absolute atomic E-state index is 7.26. The summed E-state index contributed by atoms with van der Waals surface area (Å²) < 4.78 is 0. The molecule has 0 heterocycles. The molecule has 1 N–H and O–H groups in total. The van der Waals surface area contributed by atoms with Crippen molar-refractivity contribution in [1.29, 1.82) is 5.41 Å². The van der Waals surface area contributed by atoms with Crippen molar-refractivity contribution in [2.45, 2.75) is 20.8 Å². The van der Waals surface area contributed by atoms with Gasteiger partial charge in [0.05, 0.1) is 0 Å². The fourth-order valence-electron chi connectivity index (χ4n) is 2.42. The highest BCUT2D eigenvalue weighted by Gasteiger charge is 2.00. The Balaban J connectivity index is 2.78. The molecule has 1 heteroatoms. The van der Waals surface area contributed by atoms with Gasteiger partial charge in [-0.3, -0.25) is 0 Å². The number of benzene rings is 2. The van der Waals surface area contributed by atoms with E-state index in [4.69, 9.17) is 5.41 Å². The Bertz CT molecular complexity index is 703. The van der Waals surface area contributed by atoms with E-state index in [2.05, 4.69) is 45.0 Å². The van der Waals surface area contributed by atoms with Crippen LogP contribution < -0.4 is 10.4 Å². The molecular weight excluding hydrogens is 230 g/mol. The highest BCUT2D eigenvalue weighted by molar-refractivity contribution is 5.88. The van der Waals surface area contributed by atoms with E-state index in [9.17, 15) is 0 Å². The van der Waals surface area contributed by atoms with Gasteiger partial charge in [0.2, 0.25) is 0 Å². The predicted molar refractivity (Wildman–Crippen MR) is 83.0 cm³/mol. The van der Waals surface area contributed by atoms with Crippen molar-refractivity contribution in [2.75, 3.05) is 0 Å². The molecule has 0 atom stereocenters. The summed E-state index contributed by atoms with van der Waals surface area (Å²) in [6.45, 7) is 6.39. The summed E-state index contributed by atoms with van der Waals surface area (Å²) in [6.07, 6.45) is 3.18. The van der Waals surface area contributed by atoms with Crippen molar-refractivity contribution in [3.63, 3.8) is 0 Å². The van der Waals surface area contributed by atoms with Crippen molar-refractivity contribution in [1.82, 2.24) is 0 Å². The van der Waals surface area contributed by atoms with E-state index in [-0.39, 0.29) is 0 Å². The molecule has 0 bridgehead atoms. The van der Waals surface area contributed by atoms with Gasteiger partial charge in [-0.25, -0.2) is 0 Å². The third kappa shape index (κ3) is 3.00. The van der Waals surface area contributed by atoms with E-state index in [0.29, 0.717) is 0 Å². The van der Waals surface area contributed by atoms with Gasteiger partial charge >= 0.3 is 0 Å². The number of nitrogens with one attached hydrogen (secondary N) is 1. The normalized spacial score (nSPS) is 13.3.